The second-order valence-corrected chi connectivity index (χ2v) is 6.90. The molecule has 0 N–H and O–H groups in total. The van der Waals surface area contributed by atoms with Gasteiger partial charge < -0.3 is 9.64 Å². The molecule has 0 aliphatic heterocycles. The highest BCUT2D eigenvalue weighted by Crippen LogP contribution is 2.33. The number of nitrogens with zero attached hydrogens (tertiary/aromatic N) is 1. The summed E-state index contributed by atoms with van der Waals surface area (Å²) in [6.45, 7) is 5.17. The van der Waals surface area contributed by atoms with Crippen LogP contribution in [0.3, 0.4) is 0 Å². The van der Waals surface area contributed by atoms with Gasteiger partial charge in [0.1, 0.15) is 6.10 Å². The molecule has 23 heavy (non-hydrogen) atoms. The van der Waals surface area contributed by atoms with E-state index >= 15 is 0 Å². The lowest BCUT2D eigenvalue weighted by Crippen LogP contribution is -2.39. The van der Waals surface area contributed by atoms with Crippen LogP contribution in [0.4, 0.5) is 4.79 Å². The molecule has 4 nitrogen and oxygen atoms in total. The first kappa shape index (κ1) is 17.9. The Labute approximate surface area is 142 Å². The minimum atomic E-state index is -0.264. The Morgan fingerprint density at radius 3 is 2.43 bits per heavy atom. The van der Waals surface area contributed by atoms with Gasteiger partial charge in [0.15, 0.2) is 0 Å². The van der Waals surface area contributed by atoms with Crippen molar-refractivity contribution in [1.82, 2.24) is 4.90 Å². The van der Waals surface area contributed by atoms with E-state index in [2.05, 4.69) is 0 Å². The Hall–Kier alpha value is -1.49. The first-order valence-corrected chi connectivity index (χ1v) is 9.25. The average Bonchev–Trinajstić information content (AvgIpc) is 2.58. The fourth-order valence-corrected chi connectivity index (χ4v) is 3.97. The van der Waals surface area contributed by atoms with Crippen molar-refractivity contribution in [3.05, 3.63) is 35.9 Å². The summed E-state index contributed by atoms with van der Waals surface area (Å²) < 4.78 is 5.70. The van der Waals surface area contributed by atoms with Crippen LogP contribution in [0.1, 0.15) is 49.9 Å². The van der Waals surface area contributed by atoms with Gasteiger partial charge in [-0.1, -0.05) is 48.5 Å². The number of benzene rings is 1. The first-order valence-electron chi connectivity index (χ1n) is 8.37. The van der Waals surface area contributed by atoms with E-state index in [9.17, 15) is 9.59 Å². The second-order valence-electron chi connectivity index (χ2n) is 5.69. The summed E-state index contributed by atoms with van der Waals surface area (Å²) in [6, 6.07) is 9.29. The molecule has 0 aromatic heterocycles. The predicted octanol–water partition coefficient (Wildman–Crippen LogP) is 4.35. The van der Waals surface area contributed by atoms with Crippen molar-refractivity contribution in [2.75, 3.05) is 13.1 Å². The summed E-state index contributed by atoms with van der Waals surface area (Å²) in [6.07, 6.45) is 3.45. The number of amides is 1. The van der Waals surface area contributed by atoms with Crippen molar-refractivity contribution in [3.63, 3.8) is 0 Å². The van der Waals surface area contributed by atoms with E-state index in [1.54, 1.807) is 4.90 Å². The molecule has 5 heteroatoms. The Morgan fingerprint density at radius 2 is 1.78 bits per heavy atom. The van der Waals surface area contributed by atoms with Crippen molar-refractivity contribution < 1.29 is 14.3 Å². The molecule has 2 atom stereocenters. The average molecular weight is 335 g/mol. The Bertz CT molecular complexity index is 516. The molecule has 0 saturated heterocycles. The molecule has 0 bridgehead atoms. The molecule has 0 spiro atoms. The van der Waals surface area contributed by atoms with Gasteiger partial charge in [-0.05, 0) is 33.1 Å². The lowest BCUT2D eigenvalue weighted by atomic mass is 9.97. The zero-order valence-corrected chi connectivity index (χ0v) is 14.7. The van der Waals surface area contributed by atoms with Crippen LogP contribution in [0.2, 0.25) is 0 Å². The van der Waals surface area contributed by atoms with Gasteiger partial charge in [0.2, 0.25) is 5.12 Å². The van der Waals surface area contributed by atoms with E-state index in [1.165, 1.54) is 11.8 Å². The third-order valence-corrected chi connectivity index (χ3v) is 5.48. The highest BCUT2D eigenvalue weighted by Gasteiger charge is 2.32. The molecule has 1 aliphatic rings. The maximum atomic E-state index is 12.4. The summed E-state index contributed by atoms with van der Waals surface area (Å²) in [5.41, 5.74) is 0.705. The molecule has 126 valence electrons. The zero-order valence-electron chi connectivity index (χ0n) is 13.9. The largest absolute Gasteiger partial charge is 0.445 e. The molecule has 1 fully saturated rings. The number of thioether (sulfide) groups is 1. The maximum absolute atomic E-state index is 12.4. The Kier molecular flexibility index (Phi) is 6.96. The summed E-state index contributed by atoms with van der Waals surface area (Å²) in [5, 5.41) is 0.109. The third-order valence-electron chi connectivity index (χ3n) is 4.18. The van der Waals surface area contributed by atoms with E-state index in [0.717, 1.165) is 25.7 Å². The van der Waals surface area contributed by atoms with Gasteiger partial charge in [-0.2, -0.15) is 0 Å². The highest BCUT2D eigenvalue weighted by molar-refractivity contribution is 8.14. The third kappa shape index (κ3) is 4.99. The van der Waals surface area contributed by atoms with E-state index < -0.39 is 0 Å². The topological polar surface area (TPSA) is 46.6 Å². The van der Waals surface area contributed by atoms with Crippen molar-refractivity contribution in [1.29, 1.82) is 0 Å². The van der Waals surface area contributed by atoms with Crippen LogP contribution in [0.5, 0.6) is 0 Å². The molecule has 1 saturated carbocycles. The smallest absolute Gasteiger partial charge is 0.410 e. The van der Waals surface area contributed by atoms with Crippen LogP contribution >= 0.6 is 11.8 Å². The van der Waals surface area contributed by atoms with E-state index in [1.807, 2.05) is 44.2 Å². The van der Waals surface area contributed by atoms with Crippen LogP contribution in [-0.4, -0.2) is 40.6 Å². The summed E-state index contributed by atoms with van der Waals surface area (Å²) in [5.74, 6) is 0. The van der Waals surface area contributed by atoms with Crippen LogP contribution < -0.4 is 0 Å². The van der Waals surface area contributed by atoms with E-state index in [4.69, 9.17) is 4.74 Å². The van der Waals surface area contributed by atoms with Crippen LogP contribution in [0.15, 0.2) is 30.3 Å². The fourth-order valence-electron chi connectivity index (χ4n) is 2.80. The minimum absolute atomic E-state index is 0.0518. The van der Waals surface area contributed by atoms with Crippen LogP contribution in [0, 0.1) is 0 Å². The van der Waals surface area contributed by atoms with Crippen LogP contribution in [-0.2, 0) is 4.74 Å². The highest BCUT2D eigenvalue weighted by atomic mass is 32.2. The molecular weight excluding hydrogens is 310 g/mol. The van der Waals surface area contributed by atoms with Crippen molar-refractivity contribution in [2.45, 2.75) is 50.9 Å². The summed E-state index contributed by atoms with van der Waals surface area (Å²) >= 11 is 1.32. The molecule has 0 heterocycles. The lowest BCUT2D eigenvalue weighted by Gasteiger charge is -2.32. The predicted molar refractivity (Wildman–Crippen MR) is 93.8 cm³/mol. The molecule has 1 aliphatic carbocycles. The number of carbonyl (C=O) groups excluding carboxylic acids is 2. The zero-order chi connectivity index (χ0) is 16.7. The number of hydrogen-bond donors (Lipinski definition) is 0. The summed E-state index contributed by atoms with van der Waals surface area (Å²) in [7, 11) is 0. The van der Waals surface area contributed by atoms with Gasteiger partial charge in [0, 0.05) is 23.9 Å². The molecule has 2 rings (SSSR count). The van der Waals surface area contributed by atoms with Gasteiger partial charge in [0.25, 0.3) is 0 Å². The minimum Gasteiger partial charge on any atom is -0.445 e. The first-order chi connectivity index (χ1) is 11.2. The van der Waals surface area contributed by atoms with Crippen molar-refractivity contribution in [3.8, 4) is 0 Å². The SMILES string of the molecule is CCN(CC)C(=O)OC1CCCCC1SC(=O)c1ccccc1. The lowest BCUT2D eigenvalue weighted by molar-refractivity contribution is 0.0510. The van der Waals surface area contributed by atoms with Gasteiger partial charge in [-0.15, -0.1) is 0 Å². The molecule has 1 aromatic carbocycles. The van der Waals surface area contributed by atoms with Gasteiger partial charge in [-0.25, -0.2) is 4.79 Å². The van der Waals surface area contributed by atoms with Gasteiger partial charge in [0.05, 0.1) is 0 Å². The summed E-state index contributed by atoms with van der Waals surface area (Å²) in [4.78, 5) is 26.3. The second kappa shape index (κ2) is 8.96. The molecular formula is C18H25NO3S. The molecule has 1 aromatic rings. The molecule has 0 radical (unpaired) electrons. The van der Waals surface area contributed by atoms with Crippen molar-refractivity contribution >= 4 is 23.0 Å². The monoisotopic (exact) mass is 335 g/mol. The van der Waals surface area contributed by atoms with Crippen molar-refractivity contribution in [2.24, 2.45) is 0 Å². The standard InChI is InChI=1S/C18H25NO3S/c1-3-19(4-2)18(21)22-15-12-8-9-13-16(15)23-17(20)14-10-6-5-7-11-14/h5-7,10-11,15-16H,3-4,8-9,12-13H2,1-2H3. The number of carbonyl (C=O) groups is 2. The molecule has 2 unspecified atom stereocenters. The van der Waals surface area contributed by atoms with Gasteiger partial charge in [-0.3, -0.25) is 4.79 Å². The fraction of sp³-hybridized carbons (Fsp3) is 0.556. The Morgan fingerprint density at radius 1 is 1.13 bits per heavy atom. The number of ether oxygens (including phenoxy) is 1. The number of hydrogen-bond acceptors (Lipinski definition) is 4. The van der Waals surface area contributed by atoms with Crippen LogP contribution in [0.25, 0.3) is 0 Å². The maximum Gasteiger partial charge on any atom is 0.410 e. The quantitative estimate of drug-likeness (QED) is 0.802. The Balaban J connectivity index is 1.98. The number of rotatable bonds is 5. The molecule has 1 amide bonds. The normalized spacial score (nSPS) is 20.8. The van der Waals surface area contributed by atoms with E-state index in [-0.39, 0.29) is 22.6 Å². The van der Waals surface area contributed by atoms with E-state index in [0.29, 0.717) is 18.7 Å². The van der Waals surface area contributed by atoms with Gasteiger partial charge >= 0.3 is 6.09 Å².